The van der Waals surface area contributed by atoms with E-state index >= 15 is 0 Å². The molecule has 0 saturated heterocycles. The number of carbonyl (C=O) groups is 1. The highest BCUT2D eigenvalue weighted by Crippen LogP contribution is 2.29. The normalized spacial score (nSPS) is 29.1. The molecule has 17 heavy (non-hydrogen) atoms. The molecule has 1 aliphatic rings. The largest absolute Gasteiger partial charge is 0.383 e. The number of carbonyl (C=O) groups excluding carboxylic acids is 1. The molecule has 1 rings (SSSR count). The molecule has 1 saturated carbocycles. The number of hydrogen-bond acceptors (Lipinski definition) is 3. The molecule has 0 bridgehead atoms. The van der Waals surface area contributed by atoms with Gasteiger partial charge in [-0.15, -0.1) is 0 Å². The quantitative estimate of drug-likeness (QED) is 0.789. The van der Waals surface area contributed by atoms with E-state index in [-0.39, 0.29) is 17.9 Å². The van der Waals surface area contributed by atoms with Crippen molar-refractivity contribution in [3.05, 3.63) is 0 Å². The molecule has 0 heterocycles. The standard InChI is InChI=1S/C13H26N2O2/c1-4-15(8-9-17-3)13(16)11-7-5-6-10(2)12(11)14/h10-12H,4-9,14H2,1-3H3. The van der Waals surface area contributed by atoms with Crippen molar-refractivity contribution < 1.29 is 9.53 Å². The Hall–Kier alpha value is -0.610. The lowest BCUT2D eigenvalue weighted by molar-refractivity contribution is -0.138. The fraction of sp³-hybridized carbons (Fsp3) is 0.923. The number of amides is 1. The summed E-state index contributed by atoms with van der Waals surface area (Å²) in [7, 11) is 1.66. The topological polar surface area (TPSA) is 55.6 Å². The monoisotopic (exact) mass is 242 g/mol. The van der Waals surface area contributed by atoms with Crippen LogP contribution in [0.2, 0.25) is 0 Å². The maximum Gasteiger partial charge on any atom is 0.227 e. The molecule has 2 N–H and O–H groups in total. The lowest BCUT2D eigenvalue weighted by atomic mass is 9.77. The fourth-order valence-electron chi connectivity index (χ4n) is 2.59. The summed E-state index contributed by atoms with van der Waals surface area (Å²) < 4.78 is 5.03. The molecular formula is C13H26N2O2. The average Bonchev–Trinajstić information content (AvgIpc) is 2.33. The molecule has 1 fully saturated rings. The van der Waals surface area contributed by atoms with Crippen molar-refractivity contribution in [1.29, 1.82) is 0 Å². The van der Waals surface area contributed by atoms with Crippen LogP contribution in [0.5, 0.6) is 0 Å². The van der Waals surface area contributed by atoms with Gasteiger partial charge in [-0.25, -0.2) is 0 Å². The van der Waals surface area contributed by atoms with Crippen LogP contribution in [-0.2, 0) is 9.53 Å². The zero-order valence-corrected chi connectivity index (χ0v) is 11.3. The van der Waals surface area contributed by atoms with Gasteiger partial charge < -0.3 is 15.4 Å². The second kappa shape index (κ2) is 6.97. The van der Waals surface area contributed by atoms with Crippen LogP contribution in [0.3, 0.4) is 0 Å². The first kappa shape index (κ1) is 14.5. The van der Waals surface area contributed by atoms with Crippen LogP contribution in [0.25, 0.3) is 0 Å². The summed E-state index contributed by atoms with van der Waals surface area (Å²) in [6.45, 7) is 6.15. The van der Waals surface area contributed by atoms with Crippen molar-refractivity contribution in [2.24, 2.45) is 17.6 Å². The number of rotatable bonds is 5. The molecule has 1 aliphatic carbocycles. The summed E-state index contributed by atoms with van der Waals surface area (Å²) in [5.41, 5.74) is 6.17. The van der Waals surface area contributed by atoms with Gasteiger partial charge >= 0.3 is 0 Å². The Labute approximate surface area is 104 Å². The Bertz CT molecular complexity index is 246. The van der Waals surface area contributed by atoms with E-state index in [1.165, 1.54) is 0 Å². The second-order valence-corrected chi connectivity index (χ2v) is 5.00. The molecule has 3 unspecified atom stereocenters. The van der Waals surface area contributed by atoms with E-state index in [0.29, 0.717) is 19.1 Å². The molecule has 3 atom stereocenters. The molecule has 0 aromatic rings. The van der Waals surface area contributed by atoms with Crippen LogP contribution in [0.15, 0.2) is 0 Å². The van der Waals surface area contributed by atoms with Crippen LogP contribution in [0.1, 0.15) is 33.1 Å². The minimum absolute atomic E-state index is 0.00977. The summed E-state index contributed by atoms with van der Waals surface area (Å²) in [4.78, 5) is 14.2. The van der Waals surface area contributed by atoms with Gasteiger partial charge in [0.1, 0.15) is 0 Å². The molecular weight excluding hydrogens is 216 g/mol. The number of ether oxygens (including phenoxy) is 1. The van der Waals surface area contributed by atoms with Gasteiger partial charge in [0.05, 0.1) is 12.5 Å². The fourth-order valence-corrected chi connectivity index (χ4v) is 2.59. The molecule has 100 valence electrons. The van der Waals surface area contributed by atoms with E-state index in [4.69, 9.17) is 10.5 Å². The minimum Gasteiger partial charge on any atom is -0.383 e. The number of nitrogens with zero attached hydrogens (tertiary/aromatic N) is 1. The van der Waals surface area contributed by atoms with Crippen molar-refractivity contribution in [3.8, 4) is 0 Å². The van der Waals surface area contributed by atoms with Gasteiger partial charge in [0.15, 0.2) is 0 Å². The van der Waals surface area contributed by atoms with Crippen LogP contribution in [0.4, 0.5) is 0 Å². The maximum atomic E-state index is 12.4. The van der Waals surface area contributed by atoms with E-state index < -0.39 is 0 Å². The highest BCUT2D eigenvalue weighted by atomic mass is 16.5. The molecule has 0 aliphatic heterocycles. The average molecular weight is 242 g/mol. The van der Waals surface area contributed by atoms with Crippen molar-refractivity contribution >= 4 is 5.91 Å². The van der Waals surface area contributed by atoms with Gasteiger partial charge in [0.25, 0.3) is 0 Å². The highest BCUT2D eigenvalue weighted by Gasteiger charge is 2.34. The maximum absolute atomic E-state index is 12.4. The molecule has 4 nitrogen and oxygen atoms in total. The van der Waals surface area contributed by atoms with Gasteiger partial charge in [-0.3, -0.25) is 4.79 Å². The highest BCUT2D eigenvalue weighted by molar-refractivity contribution is 5.79. The van der Waals surface area contributed by atoms with Crippen LogP contribution in [0, 0.1) is 11.8 Å². The minimum atomic E-state index is 0.00977. The molecule has 0 spiro atoms. The zero-order valence-electron chi connectivity index (χ0n) is 11.3. The Morgan fingerprint density at radius 3 is 2.76 bits per heavy atom. The third kappa shape index (κ3) is 3.68. The summed E-state index contributed by atoms with van der Waals surface area (Å²) >= 11 is 0. The SMILES string of the molecule is CCN(CCOC)C(=O)C1CCCC(C)C1N. The van der Waals surface area contributed by atoms with E-state index in [9.17, 15) is 4.79 Å². The predicted octanol–water partition coefficient (Wildman–Crippen LogP) is 1.24. The lowest BCUT2D eigenvalue weighted by Gasteiger charge is -2.36. The van der Waals surface area contributed by atoms with E-state index in [0.717, 1.165) is 25.8 Å². The van der Waals surface area contributed by atoms with Gasteiger partial charge in [-0.2, -0.15) is 0 Å². The first-order valence-corrected chi connectivity index (χ1v) is 6.65. The summed E-state index contributed by atoms with van der Waals surface area (Å²) in [5.74, 6) is 0.679. The van der Waals surface area contributed by atoms with E-state index in [2.05, 4.69) is 6.92 Å². The second-order valence-electron chi connectivity index (χ2n) is 5.00. The van der Waals surface area contributed by atoms with Crippen molar-refractivity contribution in [3.63, 3.8) is 0 Å². The molecule has 0 aromatic heterocycles. The molecule has 0 radical (unpaired) electrons. The van der Waals surface area contributed by atoms with E-state index in [1.54, 1.807) is 7.11 Å². The molecule has 4 heteroatoms. The predicted molar refractivity (Wildman–Crippen MR) is 68.6 cm³/mol. The smallest absolute Gasteiger partial charge is 0.227 e. The third-order valence-corrected chi connectivity index (χ3v) is 3.87. The van der Waals surface area contributed by atoms with Crippen molar-refractivity contribution in [2.45, 2.75) is 39.2 Å². The Morgan fingerprint density at radius 2 is 2.18 bits per heavy atom. The number of likely N-dealkylation sites (N-methyl/N-ethyl adjacent to an activating group) is 1. The Kier molecular flexibility index (Phi) is 5.92. The molecule has 1 amide bonds. The number of methoxy groups -OCH3 is 1. The third-order valence-electron chi connectivity index (χ3n) is 3.87. The summed E-state index contributed by atoms with van der Waals surface area (Å²) in [5, 5.41) is 0. The van der Waals surface area contributed by atoms with Gasteiger partial charge in [0.2, 0.25) is 5.91 Å². The van der Waals surface area contributed by atoms with Crippen molar-refractivity contribution in [2.75, 3.05) is 26.8 Å². The zero-order chi connectivity index (χ0) is 12.8. The first-order valence-electron chi connectivity index (χ1n) is 6.65. The number of nitrogens with two attached hydrogens (primary N) is 1. The summed E-state index contributed by atoms with van der Waals surface area (Å²) in [6.07, 6.45) is 3.20. The van der Waals surface area contributed by atoms with Gasteiger partial charge in [0, 0.05) is 26.2 Å². The number of hydrogen-bond donors (Lipinski definition) is 1. The molecule has 0 aromatic carbocycles. The Morgan fingerprint density at radius 1 is 1.47 bits per heavy atom. The van der Waals surface area contributed by atoms with Crippen LogP contribution in [-0.4, -0.2) is 43.7 Å². The van der Waals surface area contributed by atoms with E-state index in [1.807, 2.05) is 11.8 Å². The van der Waals surface area contributed by atoms with Crippen LogP contribution >= 0.6 is 0 Å². The summed E-state index contributed by atoms with van der Waals surface area (Å²) in [6, 6.07) is 0.0212. The first-order chi connectivity index (χ1) is 8.11. The van der Waals surface area contributed by atoms with Crippen molar-refractivity contribution in [1.82, 2.24) is 4.90 Å². The van der Waals surface area contributed by atoms with Gasteiger partial charge in [-0.05, 0) is 25.7 Å². The Balaban J connectivity index is 2.59. The van der Waals surface area contributed by atoms with Crippen LogP contribution < -0.4 is 5.73 Å². The lowest BCUT2D eigenvalue weighted by Crippen LogP contribution is -2.49. The van der Waals surface area contributed by atoms with Gasteiger partial charge in [-0.1, -0.05) is 13.3 Å².